The molecule has 0 bridgehead atoms. The molecule has 146 valence electrons. The molecule has 0 radical (unpaired) electrons. The molecule has 0 spiro atoms. The smallest absolute Gasteiger partial charge is 0.251 e. The van der Waals surface area contributed by atoms with Crippen molar-refractivity contribution in [1.82, 2.24) is 4.90 Å². The highest BCUT2D eigenvalue weighted by atomic mass is 16.2. The van der Waals surface area contributed by atoms with Gasteiger partial charge in [0.05, 0.1) is 18.2 Å². The highest BCUT2D eigenvalue weighted by Crippen LogP contribution is 2.32. The average molecular weight is 377 g/mol. The second kappa shape index (κ2) is 7.40. The Morgan fingerprint density at radius 2 is 1.46 bits per heavy atom. The van der Waals surface area contributed by atoms with Gasteiger partial charge in [0.2, 0.25) is 5.91 Å². The summed E-state index contributed by atoms with van der Waals surface area (Å²) in [5.41, 5.74) is 5.09. The Hall–Kier alpha value is -2.66. The summed E-state index contributed by atoms with van der Waals surface area (Å²) in [7, 11) is 0. The number of anilines is 2. The minimum Gasteiger partial charge on any atom is -0.369 e. The van der Waals surface area contributed by atoms with E-state index in [1.54, 1.807) is 0 Å². The molecule has 2 aromatic rings. The molecule has 0 N–H and O–H groups in total. The van der Waals surface area contributed by atoms with Crippen LogP contribution in [0.1, 0.15) is 23.1 Å². The van der Waals surface area contributed by atoms with Crippen molar-refractivity contribution in [2.45, 2.75) is 33.2 Å². The normalized spacial score (nSPS) is 20.9. The number of hydrogen-bond acceptors (Lipinski definition) is 4. The number of carbonyl (C=O) groups is 2. The minimum atomic E-state index is -0.342. The van der Waals surface area contributed by atoms with Crippen LogP contribution < -0.4 is 9.80 Å². The Balaban J connectivity index is 1.50. The third kappa shape index (κ3) is 3.31. The second-order valence-corrected chi connectivity index (χ2v) is 7.89. The van der Waals surface area contributed by atoms with Crippen molar-refractivity contribution in [2.75, 3.05) is 36.0 Å². The molecule has 2 aliphatic heterocycles. The number of imide groups is 1. The van der Waals surface area contributed by atoms with Gasteiger partial charge in [-0.3, -0.25) is 14.5 Å². The first-order valence-electron chi connectivity index (χ1n) is 9.94. The summed E-state index contributed by atoms with van der Waals surface area (Å²) in [6.07, 6.45) is 0.275. The first kappa shape index (κ1) is 18.7. The Morgan fingerprint density at radius 3 is 2.07 bits per heavy atom. The molecule has 4 rings (SSSR count). The third-order valence-electron chi connectivity index (χ3n) is 5.86. The van der Waals surface area contributed by atoms with Gasteiger partial charge in [0.25, 0.3) is 5.91 Å². The molecular formula is C23H27N3O2. The fraction of sp³-hybridized carbons (Fsp3) is 0.391. The van der Waals surface area contributed by atoms with Crippen LogP contribution in [-0.4, -0.2) is 48.9 Å². The summed E-state index contributed by atoms with van der Waals surface area (Å²) in [6, 6.07) is 14.1. The van der Waals surface area contributed by atoms with Gasteiger partial charge < -0.3 is 4.90 Å². The summed E-state index contributed by atoms with van der Waals surface area (Å²) in [4.78, 5) is 31.9. The fourth-order valence-corrected chi connectivity index (χ4v) is 4.59. The molecule has 2 fully saturated rings. The number of rotatable bonds is 3. The van der Waals surface area contributed by atoms with E-state index in [9.17, 15) is 9.59 Å². The minimum absolute atomic E-state index is 0.0757. The highest BCUT2D eigenvalue weighted by molar-refractivity contribution is 6.23. The van der Waals surface area contributed by atoms with Gasteiger partial charge in [-0.1, -0.05) is 35.9 Å². The average Bonchev–Trinajstić information content (AvgIpc) is 2.97. The summed E-state index contributed by atoms with van der Waals surface area (Å²) in [6.45, 7) is 9.29. The zero-order chi connectivity index (χ0) is 19.8. The van der Waals surface area contributed by atoms with E-state index in [1.165, 1.54) is 10.6 Å². The van der Waals surface area contributed by atoms with Crippen molar-refractivity contribution < 1.29 is 9.59 Å². The van der Waals surface area contributed by atoms with Gasteiger partial charge in [-0.15, -0.1) is 0 Å². The zero-order valence-electron chi connectivity index (χ0n) is 16.8. The van der Waals surface area contributed by atoms with Crippen LogP contribution in [0.15, 0.2) is 42.5 Å². The molecule has 2 heterocycles. The zero-order valence-corrected chi connectivity index (χ0v) is 16.8. The standard InChI is InChI=1S/C23H27N3O2/c1-16-13-17(2)22(18(3)14-16)26-21(27)15-20(23(26)28)25-11-9-24(10-12-25)19-7-5-4-6-8-19/h4-8,13-14,20H,9-12,15H2,1-3H3. The quantitative estimate of drug-likeness (QED) is 0.771. The molecule has 2 saturated heterocycles. The molecule has 2 aliphatic rings. The van der Waals surface area contributed by atoms with Crippen LogP contribution in [0.25, 0.3) is 0 Å². The number of piperazine rings is 1. The Bertz CT molecular complexity index is 878. The van der Waals surface area contributed by atoms with E-state index in [4.69, 9.17) is 0 Å². The molecule has 2 aromatic carbocycles. The number of amides is 2. The van der Waals surface area contributed by atoms with E-state index in [2.05, 4.69) is 21.9 Å². The molecule has 0 aliphatic carbocycles. The maximum absolute atomic E-state index is 13.2. The Morgan fingerprint density at radius 1 is 0.857 bits per heavy atom. The number of carbonyl (C=O) groups excluding carboxylic acids is 2. The number of hydrogen-bond donors (Lipinski definition) is 0. The van der Waals surface area contributed by atoms with Gasteiger partial charge in [0, 0.05) is 31.9 Å². The van der Waals surface area contributed by atoms with Crippen LogP contribution in [0.4, 0.5) is 11.4 Å². The van der Waals surface area contributed by atoms with Gasteiger partial charge in [0.1, 0.15) is 0 Å². The Kier molecular flexibility index (Phi) is 4.94. The number of para-hydroxylation sites is 1. The number of nitrogens with zero attached hydrogens (tertiary/aromatic N) is 3. The lowest BCUT2D eigenvalue weighted by molar-refractivity contribution is -0.123. The van der Waals surface area contributed by atoms with Gasteiger partial charge in [-0.05, 0) is 44.0 Å². The van der Waals surface area contributed by atoms with Gasteiger partial charge in [0.15, 0.2) is 0 Å². The van der Waals surface area contributed by atoms with E-state index in [0.717, 1.165) is 48.6 Å². The molecule has 0 saturated carbocycles. The van der Waals surface area contributed by atoms with Crippen LogP contribution >= 0.6 is 0 Å². The highest BCUT2D eigenvalue weighted by Gasteiger charge is 2.44. The summed E-state index contributed by atoms with van der Waals surface area (Å²) in [5, 5.41) is 0. The lowest BCUT2D eigenvalue weighted by atomic mass is 10.0. The lowest BCUT2D eigenvalue weighted by Gasteiger charge is -2.38. The SMILES string of the molecule is Cc1cc(C)c(N2C(=O)CC(N3CCN(c4ccccc4)CC3)C2=O)c(C)c1. The van der Waals surface area contributed by atoms with Crippen LogP contribution in [0, 0.1) is 20.8 Å². The second-order valence-electron chi connectivity index (χ2n) is 7.89. The van der Waals surface area contributed by atoms with Crippen molar-refractivity contribution >= 4 is 23.2 Å². The summed E-state index contributed by atoms with van der Waals surface area (Å²) < 4.78 is 0. The molecule has 1 atom stereocenters. The molecule has 5 heteroatoms. The van der Waals surface area contributed by atoms with E-state index in [-0.39, 0.29) is 24.3 Å². The van der Waals surface area contributed by atoms with Gasteiger partial charge in [-0.25, -0.2) is 4.90 Å². The lowest BCUT2D eigenvalue weighted by Crippen LogP contribution is -2.52. The molecule has 28 heavy (non-hydrogen) atoms. The predicted molar refractivity (Wildman–Crippen MR) is 112 cm³/mol. The van der Waals surface area contributed by atoms with E-state index >= 15 is 0 Å². The Labute approximate surface area is 166 Å². The number of benzene rings is 2. The van der Waals surface area contributed by atoms with Crippen molar-refractivity contribution in [2.24, 2.45) is 0 Å². The summed E-state index contributed by atoms with van der Waals surface area (Å²) in [5.74, 6) is -0.163. The van der Waals surface area contributed by atoms with Gasteiger partial charge >= 0.3 is 0 Å². The summed E-state index contributed by atoms with van der Waals surface area (Å²) >= 11 is 0. The van der Waals surface area contributed by atoms with Crippen LogP contribution in [0.5, 0.6) is 0 Å². The van der Waals surface area contributed by atoms with Crippen molar-refractivity contribution in [3.8, 4) is 0 Å². The number of aryl methyl sites for hydroxylation is 3. The molecule has 1 unspecified atom stereocenters. The van der Waals surface area contributed by atoms with E-state index < -0.39 is 0 Å². The molecule has 0 aromatic heterocycles. The first-order valence-corrected chi connectivity index (χ1v) is 9.94. The molecule has 2 amide bonds. The van der Waals surface area contributed by atoms with Crippen LogP contribution in [0.3, 0.4) is 0 Å². The fourth-order valence-electron chi connectivity index (χ4n) is 4.59. The molecular weight excluding hydrogens is 350 g/mol. The first-order chi connectivity index (χ1) is 13.5. The van der Waals surface area contributed by atoms with Gasteiger partial charge in [-0.2, -0.15) is 0 Å². The van der Waals surface area contributed by atoms with Crippen LogP contribution in [0.2, 0.25) is 0 Å². The van der Waals surface area contributed by atoms with Crippen LogP contribution in [-0.2, 0) is 9.59 Å². The topological polar surface area (TPSA) is 43.9 Å². The third-order valence-corrected chi connectivity index (χ3v) is 5.86. The van der Waals surface area contributed by atoms with Crippen molar-refractivity contribution in [3.05, 3.63) is 59.2 Å². The maximum atomic E-state index is 13.2. The predicted octanol–water partition coefficient (Wildman–Crippen LogP) is 3.07. The maximum Gasteiger partial charge on any atom is 0.251 e. The monoisotopic (exact) mass is 377 g/mol. The van der Waals surface area contributed by atoms with E-state index in [1.807, 2.05) is 51.1 Å². The van der Waals surface area contributed by atoms with Crippen molar-refractivity contribution in [3.63, 3.8) is 0 Å². The largest absolute Gasteiger partial charge is 0.369 e. The molecule has 5 nitrogen and oxygen atoms in total. The van der Waals surface area contributed by atoms with Crippen molar-refractivity contribution in [1.29, 1.82) is 0 Å². The van der Waals surface area contributed by atoms with E-state index in [0.29, 0.717) is 0 Å².